The standard InChI is InChI=1S/C16H33NO2/c1-6-10-17-15-14(8-7-9-16(15,4)5)19-12-11-18-13(2)3/h13-15,17H,6-12H2,1-5H3. The van der Waals surface area contributed by atoms with Crippen molar-refractivity contribution in [2.24, 2.45) is 5.41 Å². The molecule has 2 atom stereocenters. The van der Waals surface area contributed by atoms with Gasteiger partial charge in [0.15, 0.2) is 0 Å². The number of hydrogen-bond acceptors (Lipinski definition) is 3. The van der Waals surface area contributed by atoms with Crippen LogP contribution >= 0.6 is 0 Å². The fourth-order valence-corrected chi connectivity index (χ4v) is 2.95. The van der Waals surface area contributed by atoms with Gasteiger partial charge in [-0.25, -0.2) is 0 Å². The molecule has 1 saturated carbocycles. The molecular weight excluding hydrogens is 238 g/mol. The second-order valence-electron chi connectivity index (χ2n) is 6.64. The van der Waals surface area contributed by atoms with Crippen LogP contribution in [0.5, 0.6) is 0 Å². The van der Waals surface area contributed by atoms with E-state index in [4.69, 9.17) is 9.47 Å². The van der Waals surface area contributed by atoms with Gasteiger partial charge >= 0.3 is 0 Å². The van der Waals surface area contributed by atoms with E-state index in [-0.39, 0.29) is 0 Å². The molecule has 0 aromatic rings. The molecule has 0 aliphatic heterocycles. The Kier molecular flexibility index (Phi) is 7.33. The van der Waals surface area contributed by atoms with Gasteiger partial charge in [0.1, 0.15) is 0 Å². The third-order valence-corrected chi connectivity index (χ3v) is 4.00. The second-order valence-corrected chi connectivity index (χ2v) is 6.64. The molecule has 2 unspecified atom stereocenters. The zero-order chi connectivity index (χ0) is 14.3. The van der Waals surface area contributed by atoms with Crippen molar-refractivity contribution in [2.75, 3.05) is 19.8 Å². The molecule has 0 spiro atoms. The van der Waals surface area contributed by atoms with Gasteiger partial charge in [0.05, 0.1) is 25.4 Å². The first-order chi connectivity index (χ1) is 8.97. The predicted octanol–water partition coefficient (Wildman–Crippen LogP) is 3.37. The first-order valence-corrected chi connectivity index (χ1v) is 7.94. The Morgan fingerprint density at radius 1 is 1.26 bits per heavy atom. The van der Waals surface area contributed by atoms with E-state index in [1.807, 2.05) is 0 Å². The highest BCUT2D eigenvalue weighted by Gasteiger charge is 2.38. The van der Waals surface area contributed by atoms with Crippen LogP contribution in [-0.2, 0) is 9.47 Å². The summed E-state index contributed by atoms with van der Waals surface area (Å²) in [4.78, 5) is 0. The topological polar surface area (TPSA) is 30.5 Å². The highest BCUT2D eigenvalue weighted by Crippen LogP contribution is 2.37. The van der Waals surface area contributed by atoms with Crippen LogP contribution in [0.2, 0.25) is 0 Å². The summed E-state index contributed by atoms with van der Waals surface area (Å²) in [7, 11) is 0. The molecule has 0 heterocycles. The van der Waals surface area contributed by atoms with E-state index in [0.29, 0.717) is 36.9 Å². The Morgan fingerprint density at radius 2 is 2.00 bits per heavy atom. The van der Waals surface area contributed by atoms with E-state index >= 15 is 0 Å². The molecule has 1 N–H and O–H groups in total. The molecule has 3 heteroatoms. The first kappa shape index (κ1) is 16.9. The molecule has 0 bridgehead atoms. The van der Waals surface area contributed by atoms with Gasteiger partial charge < -0.3 is 14.8 Å². The second kappa shape index (κ2) is 8.23. The Labute approximate surface area is 119 Å². The van der Waals surface area contributed by atoms with Crippen molar-refractivity contribution >= 4 is 0 Å². The van der Waals surface area contributed by atoms with Gasteiger partial charge in [-0.2, -0.15) is 0 Å². The van der Waals surface area contributed by atoms with Crippen LogP contribution in [0.4, 0.5) is 0 Å². The van der Waals surface area contributed by atoms with Crippen molar-refractivity contribution in [1.82, 2.24) is 5.32 Å². The van der Waals surface area contributed by atoms with Gasteiger partial charge in [0.2, 0.25) is 0 Å². The molecule has 1 aliphatic rings. The Hall–Kier alpha value is -0.120. The van der Waals surface area contributed by atoms with Gasteiger partial charge in [-0.15, -0.1) is 0 Å². The Balaban J connectivity index is 2.43. The maximum atomic E-state index is 6.09. The lowest BCUT2D eigenvalue weighted by molar-refractivity contribution is -0.0625. The molecule has 1 fully saturated rings. The summed E-state index contributed by atoms with van der Waals surface area (Å²) >= 11 is 0. The van der Waals surface area contributed by atoms with Crippen molar-refractivity contribution < 1.29 is 9.47 Å². The molecule has 3 nitrogen and oxygen atoms in total. The van der Waals surface area contributed by atoms with E-state index in [2.05, 4.69) is 39.9 Å². The van der Waals surface area contributed by atoms with E-state index in [1.54, 1.807) is 0 Å². The van der Waals surface area contributed by atoms with E-state index in [1.165, 1.54) is 25.7 Å². The maximum Gasteiger partial charge on any atom is 0.0734 e. The number of rotatable bonds is 8. The maximum absolute atomic E-state index is 6.09. The third kappa shape index (κ3) is 5.80. The van der Waals surface area contributed by atoms with Crippen LogP contribution in [0.25, 0.3) is 0 Å². The lowest BCUT2D eigenvalue weighted by Gasteiger charge is -2.44. The molecular formula is C16H33NO2. The van der Waals surface area contributed by atoms with Crippen LogP contribution < -0.4 is 5.32 Å². The monoisotopic (exact) mass is 271 g/mol. The van der Waals surface area contributed by atoms with Crippen molar-refractivity contribution in [3.05, 3.63) is 0 Å². The summed E-state index contributed by atoms with van der Waals surface area (Å²) in [5.74, 6) is 0. The highest BCUT2D eigenvalue weighted by molar-refractivity contribution is 4.94. The van der Waals surface area contributed by atoms with Gasteiger partial charge in [-0.3, -0.25) is 0 Å². The van der Waals surface area contributed by atoms with E-state index in [9.17, 15) is 0 Å². The minimum atomic E-state index is 0.292. The molecule has 0 radical (unpaired) electrons. The van der Waals surface area contributed by atoms with Crippen molar-refractivity contribution in [2.45, 2.75) is 78.6 Å². The third-order valence-electron chi connectivity index (χ3n) is 4.00. The first-order valence-electron chi connectivity index (χ1n) is 7.94. The van der Waals surface area contributed by atoms with E-state index < -0.39 is 0 Å². The summed E-state index contributed by atoms with van der Waals surface area (Å²) < 4.78 is 11.6. The van der Waals surface area contributed by atoms with Crippen LogP contribution in [0, 0.1) is 5.41 Å². The molecule has 0 amide bonds. The Morgan fingerprint density at radius 3 is 2.63 bits per heavy atom. The average molecular weight is 271 g/mol. The van der Waals surface area contributed by atoms with E-state index in [0.717, 1.165) is 6.54 Å². The van der Waals surface area contributed by atoms with Gasteiger partial charge in [0, 0.05) is 6.04 Å². The van der Waals surface area contributed by atoms with Crippen LogP contribution in [0.3, 0.4) is 0 Å². The summed E-state index contributed by atoms with van der Waals surface area (Å²) in [6.45, 7) is 13.6. The zero-order valence-electron chi connectivity index (χ0n) is 13.5. The fraction of sp³-hybridized carbons (Fsp3) is 1.00. The van der Waals surface area contributed by atoms with Crippen molar-refractivity contribution in [1.29, 1.82) is 0 Å². The summed E-state index contributed by atoms with van der Waals surface area (Å²) in [6.07, 6.45) is 5.54. The molecule has 0 aromatic carbocycles. The fourth-order valence-electron chi connectivity index (χ4n) is 2.95. The summed E-state index contributed by atoms with van der Waals surface area (Å²) in [5.41, 5.74) is 0.330. The molecule has 114 valence electrons. The lowest BCUT2D eigenvalue weighted by atomic mass is 9.71. The average Bonchev–Trinajstić information content (AvgIpc) is 2.32. The molecule has 0 saturated heterocycles. The number of hydrogen-bond donors (Lipinski definition) is 1. The van der Waals surface area contributed by atoms with Gasteiger partial charge in [-0.05, 0) is 45.1 Å². The molecule has 1 rings (SSSR count). The normalized spacial score (nSPS) is 26.8. The minimum absolute atomic E-state index is 0.292. The predicted molar refractivity (Wildman–Crippen MR) is 80.5 cm³/mol. The molecule has 19 heavy (non-hydrogen) atoms. The lowest BCUT2D eigenvalue weighted by Crippen LogP contribution is -2.53. The van der Waals surface area contributed by atoms with Crippen LogP contribution in [-0.4, -0.2) is 38.0 Å². The minimum Gasteiger partial charge on any atom is -0.376 e. The zero-order valence-corrected chi connectivity index (χ0v) is 13.5. The highest BCUT2D eigenvalue weighted by atomic mass is 16.5. The quantitative estimate of drug-likeness (QED) is 0.687. The number of ether oxygens (including phenoxy) is 2. The smallest absolute Gasteiger partial charge is 0.0734 e. The van der Waals surface area contributed by atoms with Crippen molar-refractivity contribution in [3.63, 3.8) is 0 Å². The van der Waals surface area contributed by atoms with Gasteiger partial charge in [0.25, 0.3) is 0 Å². The summed E-state index contributed by atoms with van der Waals surface area (Å²) in [5, 5.41) is 3.70. The van der Waals surface area contributed by atoms with Crippen LogP contribution in [0.1, 0.15) is 60.3 Å². The largest absolute Gasteiger partial charge is 0.376 e. The molecule has 0 aromatic heterocycles. The number of nitrogens with one attached hydrogen (secondary N) is 1. The summed E-state index contributed by atoms with van der Waals surface area (Å²) in [6, 6.07) is 0.472. The van der Waals surface area contributed by atoms with Gasteiger partial charge in [-0.1, -0.05) is 27.2 Å². The van der Waals surface area contributed by atoms with Crippen molar-refractivity contribution in [3.8, 4) is 0 Å². The molecule has 1 aliphatic carbocycles. The Bertz CT molecular complexity index is 241. The SMILES string of the molecule is CCCNC1C(OCCOC(C)C)CCCC1(C)C. The van der Waals surface area contributed by atoms with Crippen LogP contribution in [0.15, 0.2) is 0 Å².